The van der Waals surface area contributed by atoms with E-state index in [1.54, 1.807) is 30.3 Å². The first kappa shape index (κ1) is 26.3. The summed E-state index contributed by atoms with van der Waals surface area (Å²) in [6.07, 6.45) is 9.59. The molecule has 0 spiro atoms. The highest BCUT2D eigenvalue weighted by Gasteiger charge is 2.34. The Kier molecular flexibility index (Phi) is 9.30. The van der Waals surface area contributed by atoms with Gasteiger partial charge in [-0.25, -0.2) is 9.59 Å². The van der Waals surface area contributed by atoms with Crippen LogP contribution in [0.3, 0.4) is 0 Å². The average Bonchev–Trinajstić information content (AvgIpc) is 2.88. The van der Waals surface area contributed by atoms with Gasteiger partial charge in [0.15, 0.2) is 6.61 Å². The van der Waals surface area contributed by atoms with E-state index in [9.17, 15) is 9.59 Å². The summed E-state index contributed by atoms with van der Waals surface area (Å²) < 4.78 is 16.8. The van der Waals surface area contributed by atoms with Gasteiger partial charge in [0, 0.05) is 0 Å². The molecule has 0 aliphatic heterocycles. The third-order valence-electron chi connectivity index (χ3n) is 6.58. The lowest BCUT2D eigenvalue weighted by molar-refractivity contribution is -0.165. The standard InChI is InChI=1S/C30H36O5/c1-5-23(6-2)24-17-15-22(16-18-24)20-34-29(32)25-11-10-14-27(19-25)33-21-28(31)35-30(3,4)26-12-8-7-9-13-26/h5-6,10-11,14-19,26H,1,7-9,12-13,20-21H2,2-4H3/b23-6+. The number of benzene rings is 2. The lowest BCUT2D eigenvalue weighted by Gasteiger charge is -2.36. The summed E-state index contributed by atoms with van der Waals surface area (Å²) in [7, 11) is 0. The topological polar surface area (TPSA) is 61.8 Å². The molecule has 1 fully saturated rings. The fourth-order valence-corrected chi connectivity index (χ4v) is 4.49. The van der Waals surface area contributed by atoms with E-state index >= 15 is 0 Å². The molecule has 186 valence electrons. The minimum absolute atomic E-state index is 0.159. The minimum atomic E-state index is -0.509. The maximum Gasteiger partial charge on any atom is 0.344 e. The second kappa shape index (κ2) is 12.4. The zero-order valence-electron chi connectivity index (χ0n) is 21.0. The van der Waals surface area contributed by atoms with Crippen molar-refractivity contribution in [2.75, 3.05) is 6.61 Å². The second-order valence-electron chi connectivity index (χ2n) is 9.45. The molecule has 0 radical (unpaired) electrons. The number of hydrogen-bond acceptors (Lipinski definition) is 5. The Bertz CT molecular complexity index is 1040. The van der Waals surface area contributed by atoms with E-state index < -0.39 is 17.5 Å². The predicted molar refractivity (Wildman–Crippen MR) is 138 cm³/mol. The second-order valence-corrected chi connectivity index (χ2v) is 9.45. The molecule has 0 heterocycles. The number of allylic oxidation sites excluding steroid dienone is 3. The van der Waals surface area contributed by atoms with Gasteiger partial charge in [0.05, 0.1) is 5.56 Å². The van der Waals surface area contributed by atoms with Crippen molar-refractivity contribution in [2.24, 2.45) is 5.92 Å². The van der Waals surface area contributed by atoms with Crippen LogP contribution in [0.25, 0.3) is 5.57 Å². The minimum Gasteiger partial charge on any atom is -0.482 e. The molecule has 0 bridgehead atoms. The molecule has 0 atom stereocenters. The van der Waals surface area contributed by atoms with Crippen LogP contribution < -0.4 is 4.74 Å². The zero-order valence-corrected chi connectivity index (χ0v) is 21.0. The highest BCUT2D eigenvalue weighted by Crippen LogP contribution is 2.34. The first-order valence-corrected chi connectivity index (χ1v) is 12.3. The van der Waals surface area contributed by atoms with Gasteiger partial charge in [-0.1, -0.05) is 68.3 Å². The number of hydrogen-bond donors (Lipinski definition) is 0. The van der Waals surface area contributed by atoms with Crippen LogP contribution in [0.5, 0.6) is 5.75 Å². The quantitative estimate of drug-likeness (QED) is 0.275. The van der Waals surface area contributed by atoms with Gasteiger partial charge in [-0.2, -0.15) is 0 Å². The summed E-state index contributed by atoms with van der Waals surface area (Å²) in [5.41, 5.74) is 2.84. The van der Waals surface area contributed by atoms with Gasteiger partial charge in [0.2, 0.25) is 0 Å². The summed E-state index contributed by atoms with van der Waals surface area (Å²) in [4.78, 5) is 25.0. The first-order valence-electron chi connectivity index (χ1n) is 12.3. The monoisotopic (exact) mass is 476 g/mol. The van der Waals surface area contributed by atoms with Crippen molar-refractivity contribution in [3.63, 3.8) is 0 Å². The lowest BCUT2D eigenvalue weighted by Crippen LogP contribution is -2.39. The van der Waals surface area contributed by atoms with Gasteiger partial charge in [-0.3, -0.25) is 0 Å². The third-order valence-corrected chi connectivity index (χ3v) is 6.58. The normalized spacial score (nSPS) is 14.8. The van der Waals surface area contributed by atoms with E-state index in [1.165, 1.54) is 19.3 Å². The molecule has 3 rings (SSSR count). The Morgan fingerprint density at radius 3 is 2.40 bits per heavy atom. The van der Waals surface area contributed by atoms with Crippen LogP contribution in [-0.4, -0.2) is 24.1 Å². The predicted octanol–water partition coefficient (Wildman–Crippen LogP) is 6.91. The van der Waals surface area contributed by atoms with Crippen LogP contribution in [0.2, 0.25) is 0 Å². The SMILES string of the molecule is C=C/C(=C\C)c1ccc(COC(=O)c2cccc(OCC(=O)OC(C)(C)C3CCCCC3)c2)cc1. The molecule has 1 saturated carbocycles. The van der Waals surface area contributed by atoms with Gasteiger partial charge in [0.1, 0.15) is 18.0 Å². The Morgan fingerprint density at radius 2 is 1.74 bits per heavy atom. The van der Waals surface area contributed by atoms with E-state index in [-0.39, 0.29) is 13.2 Å². The Hall–Kier alpha value is -3.34. The third kappa shape index (κ3) is 7.57. The Labute approximate surface area is 208 Å². The van der Waals surface area contributed by atoms with Gasteiger partial charge in [-0.15, -0.1) is 0 Å². The van der Waals surface area contributed by atoms with Crippen LogP contribution in [0, 0.1) is 5.92 Å². The zero-order chi connectivity index (χ0) is 25.3. The number of carbonyl (C=O) groups excluding carboxylic acids is 2. The van der Waals surface area contributed by atoms with Crippen molar-refractivity contribution >= 4 is 17.5 Å². The van der Waals surface area contributed by atoms with E-state index in [1.807, 2.05) is 51.1 Å². The molecule has 2 aromatic rings. The molecule has 1 aliphatic carbocycles. The molecule has 0 N–H and O–H groups in total. The van der Waals surface area contributed by atoms with Gasteiger partial charge >= 0.3 is 11.9 Å². The van der Waals surface area contributed by atoms with Gasteiger partial charge < -0.3 is 14.2 Å². The smallest absolute Gasteiger partial charge is 0.344 e. The molecule has 0 saturated heterocycles. The van der Waals surface area contributed by atoms with Crippen molar-refractivity contribution in [2.45, 2.75) is 65.1 Å². The summed E-state index contributed by atoms with van der Waals surface area (Å²) in [6, 6.07) is 14.4. The van der Waals surface area contributed by atoms with Gasteiger partial charge in [0.25, 0.3) is 0 Å². The van der Waals surface area contributed by atoms with E-state index in [2.05, 4.69) is 6.58 Å². The fraction of sp³-hybridized carbons (Fsp3) is 0.400. The molecule has 1 aliphatic rings. The van der Waals surface area contributed by atoms with E-state index in [0.29, 0.717) is 17.2 Å². The highest BCUT2D eigenvalue weighted by atomic mass is 16.6. The Morgan fingerprint density at radius 1 is 1.03 bits per heavy atom. The summed E-state index contributed by atoms with van der Waals surface area (Å²) in [5, 5.41) is 0. The van der Waals surface area contributed by atoms with Crippen molar-refractivity contribution in [3.8, 4) is 5.75 Å². The molecule has 5 heteroatoms. The molecular weight excluding hydrogens is 440 g/mol. The highest BCUT2D eigenvalue weighted by molar-refractivity contribution is 5.89. The molecule has 35 heavy (non-hydrogen) atoms. The molecule has 0 aromatic heterocycles. The summed E-state index contributed by atoms with van der Waals surface area (Å²) in [5.74, 6) is -0.0727. The van der Waals surface area contributed by atoms with Crippen molar-refractivity contribution in [1.82, 2.24) is 0 Å². The van der Waals surface area contributed by atoms with E-state index in [4.69, 9.17) is 14.2 Å². The summed E-state index contributed by atoms with van der Waals surface area (Å²) in [6.45, 7) is 9.68. The fourth-order valence-electron chi connectivity index (χ4n) is 4.49. The number of ether oxygens (including phenoxy) is 3. The number of rotatable bonds is 10. The van der Waals surface area contributed by atoms with Crippen LogP contribution in [0.4, 0.5) is 0 Å². The van der Waals surface area contributed by atoms with Crippen molar-refractivity contribution < 1.29 is 23.8 Å². The lowest BCUT2D eigenvalue weighted by atomic mass is 9.79. The van der Waals surface area contributed by atoms with Crippen molar-refractivity contribution in [1.29, 1.82) is 0 Å². The largest absolute Gasteiger partial charge is 0.482 e. The molecule has 2 aromatic carbocycles. The van der Waals surface area contributed by atoms with Crippen LogP contribution in [0.15, 0.2) is 67.3 Å². The number of esters is 2. The number of carbonyl (C=O) groups is 2. The molecule has 0 unspecified atom stereocenters. The van der Waals surface area contributed by atoms with Gasteiger partial charge in [-0.05, 0) is 74.4 Å². The average molecular weight is 477 g/mol. The first-order chi connectivity index (χ1) is 16.8. The van der Waals surface area contributed by atoms with E-state index in [0.717, 1.165) is 29.5 Å². The van der Waals surface area contributed by atoms with Crippen LogP contribution in [0.1, 0.15) is 74.4 Å². The van der Waals surface area contributed by atoms with Crippen molar-refractivity contribution in [3.05, 3.63) is 84.0 Å². The summed E-state index contributed by atoms with van der Waals surface area (Å²) >= 11 is 0. The molecular formula is C30H36O5. The maximum atomic E-state index is 12.5. The molecule has 0 amide bonds. The maximum absolute atomic E-state index is 12.5. The van der Waals surface area contributed by atoms with Crippen LogP contribution >= 0.6 is 0 Å². The molecule has 5 nitrogen and oxygen atoms in total. The van der Waals surface area contributed by atoms with Crippen LogP contribution in [-0.2, 0) is 20.9 Å². The Balaban J connectivity index is 1.50.